The molecule has 39 heavy (non-hydrogen) atoms. The van der Waals surface area contributed by atoms with Gasteiger partial charge in [0.15, 0.2) is 0 Å². The monoisotopic (exact) mass is 547 g/mol. The number of hydrogen-bond donors (Lipinski definition) is 3. The number of phenols is 1. The molecule has 2 aromatic carbocycles. The van der Waals surface area contributed by atoms with Crippen molar-refractivity contribution in [3.63, 3.8) is 0 Å². The third-order valence-electron chi connectivity index (χ3n) is 7.23. The molecule has 2 saturated heterocycles. The van der Waals surface area contributed by atoms with Crippen LogP contribution < -0.4 is 15.1 Å². The number of aromatic nitrogens is 3. The lowest BCUT2D eigenvalue weighted by Crippen LogP contribution is -2.43. The third kappa shape index (κ3) is 4.66. The molecule has 0 spiro atoms. The fourth-order valence-electron chi connectivity index (χ4n) is 5.15. The molecule has 0 radical (unpaired) electrons. The molecule has 0 atom stereocenters. The summed E-state index contributed by atoms with van der Waals surface area (Å²) in [6.07, 6.45) is 3.30. The Labute approximate surface area is 229 Å². The van der Waals surface area contributed by atoms with Crippen LogP contribution in [0.15, 0.2) is 54.9 Å². The summed E-state index contributed by atoms with van der Waals surface area (Å²) in [5.74, 6) is -0.588. The lowest BCUT2D eigenvalue weighted by atomic mass is 9.96. The smallest absolute Gasteiger partial charge is 0.324 e. The first-order valence-corrected chi connectivity index (χ1v) is 13.1. The van der Waals surface area contributed by atoms with E-state index in [0.29, 0.717) is 46.1 Å². The van der Waals surface area contributed by atoms with Crippen molar-refractivity contribution in [3.8, 4) is 39.4 Å². The quantitative estimate of drug-likeness (QED) is 0.338. The van der Waals surface area contributed by atoms with Gasteiger partial charge in [-0.15, -0.1) is 0 Å². The maximum atomic E-state index is 15.0. The van der Waals surface area contributed by atoms with Gasteiger partial charge in [-0.25, -0.2) is 9.18 Å². The average molecular weight is 548 g/mol. The second-order valence-corrected chi connectivity index (χ2v) is 10.1. The number of aromatic amines is 1. The molecule has 4 aromatic rings. The van der Waals surface area contributed by atoms with Crippen LogP contribution in [0.4, 0.5) is 20.6 Å². The highest BCUT2D eigenvalue weighted by molar-refractivity contribution is 6.34. The van der Waals surface area contributed by atoms with E-state index in [0.717, 1.165) is 43.3 Å². The summed E-state index contributed by atoms with van der Waals surface area (Å²) in [6, 6.07) is 11.3. The van der Waals surface area contributed by atoms with Gasteiger partial charge < -0.3 is 20.2 Å². The van der Waals surface area contributed by atoms with Crippen molar-refractivity contribution in [1.82, 2.24) is 25.4 Å². The van der Waals surface area contributed by atoms with Crippen LogP contribution in [-0.4, -0.2) is 77.5 Å². The first-order valence-electron chi connectivity index (χ1n) is 12.7. The van der Waals surface area contributed by atoms with Crippen LogP contribution in [0.5, 0.6) is 5.75 Å². The number of carbonyl (C=O) groups excluding carboxylic acids is 1. The Morgan fingerprint density at radius 3 is 2.41 bits per heavy atom. The van der Waals surface area contributed by atoms with Crippen molar-refractivity contribution >= 4 is 29.0 Å². The van der Waals surface area contributed by atoms with E-state index in [-0.39, 0.29) is 11.8 Å². The zero-order valence-electron chi connectivity index (χ0n) is 21.3. The van der Waals surface area contributed by atoms with Gasteiger partial charge in [-0.3, -0.25) is 15.0 Å². The number of benzene rings is 2. The minimum Gasteiger partial charge on any atom is -0.507 e. The minimum atomic E-state index is -0.504. The largest absolute Gasteiger partial charge is 0.507 e. The molecule has 0 aliphatic carbocycles. The molecule has 0 saturated carbocycles. The molecule has 11 heteroatoms. The number of aromatic hydroxyl groups is 1. The van der Waals surface area contributed by atoms with Gasteiger partial charge in [0.2, 0.25) is 0 Å². The zero-order valence-corrected chi connectivity index (χ0v) is 22.0. The molecular weight excluding hydrogens is 521 g/mol. The van der Waals surface area contributed by atoms with Crippen LogP contribution in [0.25, 0.3) is 33.6 Å². The number of halogens is 2. The fraction of sp³-hybridized carbons (Fsp3) is 0.250. The van der Waals surface area contributed by atoms with Gasteiger partial charge >= 0.3 is 6.03 Å². The summed E-state index contributed by atoms with van der Waals surface area (Å²) >= 11 is 6.58. The average Bonchev–Trinajstić information content (AvgIpc) is 3.60. The molecule has 2 aromatic heterocycles. The number of pyridine rings is 1. The highest BCUT2D eigenvalue weighted by atomic mass is 35.5. The van der Waals surface area contributed by atoms with Crippen molar-refractivity contribution < 1.29 is 14.3 Å². The number of amides is 2. The van der Waals surface area contributed by atoms with E-state index < -0.39 is 5.82 Å². The summed E-state index contributed by atoms with van der Waals surface area (Å²) in [6.45, 7) is 4.37. The zero-order chi connectivity index (χ0) is 27.1. The number of phenolic OH excluding ortho intramolecular Hbond substituents is 1. The van der Waals surface area contributed by atoms with Gasteiger partial charge in [-0.1, -0.05) is 17.7 Å². The SMILES string of the molecule is CN1CCN(c2ccc(-c3cc(F)cc(-c4cnc(-c5ccn[nH]5)c(N5CCNCC5)c4)c3O)cc2Cl)C1=O. The topological polar surface area (TPSA) is 101 Å². The second kappa shape index (κ2) is 10.2. The Morgan fingerprint density at radius 2 is 1.74 bits per heavy atom. The number of piperazine rings is 1. The van der Waals surface area contributed by atoms with Gasteiger partial charge in [0, 0.05) is 75.4 Å². The van der Waals surface area contributed by atoms with Crippen molar-refractivity contribution in [3.05, 3.63) is 65.7 Å². The number of anilines is 2. The summed E-state index contributed by atoms with van der Waals surface area (Å²) < 4.78 is 15.0. The van der Waals surface area contributed by atoms with E-state index in [1.165, 1.54) is 12.1 Å². The highest BCUT2D eigenvalue weighted by Crippen LogP contribution is 2.43. The van der Waals surface area contributed by atoms with Gasteiger partial charge in [0.05, 0.1) is 22.1 Å². The number of nitrogens with zero attached hydrogens (tertiary/aromatic N) is 5. The number of rotatable bonds is 5. The summed E-state index contributed by atoms with van der Waals surface area (Å²) in [5.41, 5.74) is 4.69. The van der Waals surface area contributed by atoms with Crippen LogP contribution in [0.1, 0.15) is 0 Å². The molecule has 0 bridgehead atoms. The van der Waals surface area contributed by atoms with Crippen LogP contribution >= 0.6 is 11.6 Å². The van der Waals surface area contributed by atoms with Crippen LogP contribution in [0.2, 0.25) is 5.02 Å². The Hall–Kier alpha value is -4.15. The van der Waals surface area contributed by atoms with Crippen LogP contribution in [0.3, 0.4) is 0 Å². The van der Waals surface area contributed by atoms with E-state index in [1.807, 2.05) is 12.1 Å². The van der Waals surface area contributed by atoms with Gasteiger partial charge in [-0.05, 0) is 42.0 Å². The Morgan fingerprint density at radius 1 is 0.974 bits per heavy atom. The second-order valence-electron chi connectivity index (χ2n) is 9.67. The molecule has 2 aliphatic rings. The number of urea groups is 1. The van der Waals surface area contributed by atoms with E-state index in [1.54, 1.807) is 47.4 Å². The minimum absolute atomic E-state index is 0.0837. The van der Waals surface area contributed by atoms with Gasteiger partial charge in [0.1, 0.15) is 17.3 Å². The van der Waals surface area contributed by atoms with Crippen molar-refractivity contribution in [2.75, 3.05) is 56.1 Å². The Balaban J connectivity index is 1.41. The summed E-state index contributed by atoms with van der Waals surface area (Å²) in [7, 11) is 1.74. The van der Waals surface area contributed by atoms with E-state index in [2.05, 4.69) is 20.4 Å². The lowest BCUT2D eigenvalue weighted by molar-refractivity contribution is 0.229. The Bertz CT molecular complexity index is 1540. The predicted molar refractivity (Wildman–Crippen MR) is 150 cm³/mol. The van der Waals surface area contributed by atoms with Crippen LogP contribution in [0, 0.1) is 5.82 Å². The molecule has 2 aliphatic heterocycles. The molecule has 2 fully saturated rings. The molecule has 0 unspecified atom stereocenters. The van der Waals surface area contributed by atoms with Crippen LogP contribution in [-0.2, 0) is 0 Å². The molecule has 4 heterocycles. The van der Waals surface area contributed by atoms with Gasteiger partial charge in [0.25, 0.3) is 0 Å². The predicted octanol–water partition coefficient (Wildman–Crippen LogP) is 4.59. The number of hydrogen-bond acceptors (Lipinski definition) is 6. The van der Waals surface area contributed by atoms with Crippen molar-refractivity contribution in [2.24, 2.45) is 0 Å². The van der Waals surface area contributed by atoms with Gasteiger partial charge in [-0.2, -0.15) is 5.10 Å². The standard InChI is InChI=1S/C28H27ClFN7O2/c1-35-10-11-37(28(35)39)24-3-2-17(12-22(24)29)20-14-19(30)15-21(27(20)38)18-13-25(36-8-6-31-7-9-36)26(32-16-18)23-4-5-33-34-23/h2-5,12-16,31,38H,6-11H2,1H3,(H,33,34). The Kier molecular flexibility index (Phi) is 6.58. The molecule has 6 rings (SSSR count). The number of nitrogens with one attached hydrogen (secondary N) is 2. The molecule has 2 amide bonds. The fourth-order valence-corrected chi connectivity index (χ4v) is 5.43. The first kappa shape index (κ1) is 25.1. The highest BCUT2D eigenvalue weighted by Gasteiger charge is 2.28. The van der Waals surface area contributed by atoms with Crippen molar-refractivity contribution in [1.29, 1.82) is 0 Å². The van der Waals surface area contributed by atoms with Crippen molar-refractivity contribution in [2.45, 2.75) is 0 Å². The number of likely N-dealkylation sites (N-methyl/N-ethyl adjacent to an activating group) is 1. The normalized spacial score (nSPS) is 15.9. The maximum Gasteiger partial charge on any atom is 0.324 e. The number of carbonyl (C=O) groups is 1. The maximum absolute atomic E-state index is 15.0. The summed E-state index contributed by atoms with van der Waals surface area (Å²) in [4.78, 5) is 22.6. The summed E-state index contributed by atoms with van der Waals surface area (Å²) in [5, 5.41) is 22.1. The van der Waals surface area contributed by atoms with E-state index in [4.69, 9.17) is 16.6 Å². The first-order chi connectivity index (χ1) is 18.9. The molecule has 3 N–H and O–H groups in total. The third-order valence-corrected chi connectivity index (χ3v) is 7.54. The molecular formula is C28H27ClFN7O2. The lowest BCUT2D eigenvalue weighted by Gasteiger charge is -2.31. The molecule has 200 valence electrons. The molecule has 9 nitrogen and oxygen atoms in total. The van der Waals surface area contributed by atoms with E-state index >= 15 is 4.39 Å². The number of H-pyrrole nitrogens is 1. The van der Waals surface area contributed by atoms with E-state index in [9.17, 15) is 9.90 Å².